The molecule has 2 atom stereocenters. The number of likely N-dealkylation sites (N-methyl/N-ethyl adjacent to an activating group) is 1. The van der Waals surface area contributed by atoms with Gasteiger partial charge in [-0.15, -0.1) is 0 Å². The molecular formula is C79H152NO8+. The van der Waals surface area contributed by atoms with Crippen LogP contribution < -0.4 is 0 Å². The zero-order chi connectivity index (χ0) is 64.0. The Morgan fingerprint density at radius 1 is 0.341 bits per heavy atom. The van der Waals surface area contributed by atoms with Crippen molar-refractivity contribution in [1.82, 2.24) is 0 Å². The first-order valence-electron chi connectivity index (χ1n) is 39.0. The number of hydrogen-bond acceptors (Lipinski definition) is 7. The van der Waals surface area contributed by atoms with Crippen LogP contribution in [-0.2, 0) is 33.3 Å². The molecule has 9 nitrogen and oxygen atoms in total. The third kappa shape index (κ3) is 71.2. The van der Waals surface area contributed by atoms with Crippen LogP contribution in [0.15, 0.2) is 24.3 Å². The van der Waals surface area contributed by atoms with Crippen molar-refractivity contribution in [3.63, 3.8) is 0 Å². The number of esters is 2. The van der Waals surface area contributed by atoms with E-state index in [0.29, 0.717) is 17.4 Å². The van der Waals surface area contributed by atoms with E-state index in [0.717, 1.165) is 44.9 Å². The van der Waals surface area contributed by atoms with E-state index in [1.54, 1.807) is 0 Å². The normalized spacial score (nSPS) is 12.7. The van der Waals surface area contributed by atoms with Crippen molar-refractivity contribution in [2.24, 2.45) is 0 Å². The van der Waals surface area contributed by atoms with Crippen LogP contribution in [0, 0.1) is 0 Å². The minimum Gasteiger partial charge on any atom is -0.477 e. The molecule has 0 saturated carbocycles. The molecule has 0 aliphatic heterocycles. The number of ether oxygens (including phenoxy) is 4. The van der Waals surface area contributed by atoms with Crippen LogP contribution >= 0.6 is 0 Å². The van der Waals surface area contributed by atoms with E-state index in [1.165, 1.54) is 334 Å². The lowest BCUT2D eigenvalue weighted by Crippen LogP contribution is -2.40. The van der Waals surface area contributed by atoms with Gasteiger partial charge >= 0.3 is 17.9 Å². The molecule has 0 heterocycles. The molecule has 0 aliphatic carbocycles. The maximum atomic E-state index is 13.0. The van der Waals surface area contributed by atoms with Crippen LogP contribution in [-0.4, -0.2) is 87.4 Å². The first-order chi connectivity index (χ1) is 43.1. The van der Waals surface area contributed by atoms with Gasteiger partial charge in [0.1, 0.15) is 13.2 Å². The van der Waals surface area contributed by atoms with Crippen LogP contribution in [0.4, 0.5) is 0 Å². The average molecular weight is 1240 g/mol. The fourth-order valence-corrected chi connectivity index (χ4v) is 12.0. The number of allylic oxidation sites excluding steroid dienone is 4. The second-order valence-corrected chi connectivity index (χ2v) is 28.0. The summed E-state index contributed by atoms with van der Waals surface area (Å²) >= 11 is 0. The van der Waals surface area contributed by atoms with Gasteiger partial charge in [0, 0.05) is 12.8 Å². The van der Waals surface area contributed by atoms with Crippen molar-refractivity contribution in [3.8, 4) is 0 Å². The molecule has 0 fully saturated rings. The molecule has 0 bridgehead atoms. The molecular weight excluding hydrogens is 1090 g/mol. The van der Waals surface area contributed by atoms with E-state index < -0.39 is 18.4 Å². The topological polar surface area (TPSA) is 108 Å². The molecule has 1 N–H and O–H groups in total. The highest BCUT2D eigenvalue weighted by molar-refractivity contribution is 5.71. The largest absolute Gasteiger partial charge is 0.477 e. The van der Waals surface area contributed by atoms with E-state index in [1.807, 2.05) is 21.1 Å². The Morgan fingerprint density at radius 3 is 0.898 bits per heavy atom. The van der Waals surface area contributed by atoms with E-state index in [4.69, 9.17) is 18.9 Å². The minimum absolute atomic E-state index is 0.174. The van der Waals surface area contributed by atoms with Crippen LogP contribution in [0.2, 0.25) is 0 Å². The van der Waals surface area contributed by atoms with E-state index in [9.17, 15) is 19.5 Å². The van der Waals surface area contributed by atoms with Gasteiger partial charge in [0.15, 0.2) is 6.10 Å². The number of rotatable bonds is 74. The zero-order valence-electron chi connectivity index (χ0n) is 59.7. The highest BCUT2D eigenvalue weighted by Crippen LogP contribution is 2.20. The van der Waals surface area contributed by atoms with E-state index >= 15 is 0 Å². The summed E-state index contributed by atoms with van der Waals surface area (Å²) in [6, 6.07) is 0. The smallest absolute Gasteiger partial charge is 0.361 e. The van der Waals surface area contributed by atoms with Gasteiger partial charge in [-0.2, -0.15) is 0 Å². The maximum absolute atomic E-state index is 13.0. The van der Waals surface area contributed by atoms with Crippen LogP contribution in [0.5, 0.6) is 0 Å². The van der Waals surface area contributed by atoms with Gasteiger partial charge in [-0.05, 0) is 44.9 Å². The molecule has 0 aliphatic rings. The molecule has 0 radical (unpaired) electrons. The van der Waals surface area contributed by atoms with Gasteiger partial charge in [0.2, 0.25) is 0 Å². The first-order valence-corrected chi connectivity index (χ1v) is 39.0. The maximum Gasteiger partial charge on any atom is 0.361 e. The molecule has 88 heavy (non-hydrogen) atoms. The number of carbonyl (C=O) groups excluding carboxylic acids is 2. The Bertz CT molecular complexity index is 1490. The zero-order valence-corrected chi connectivity index (χ0v) is 59.7. The van der Waals surface area contributed by atoms with Gasteiger partial charge in [-0.25, -0.2) is 4.79 Å². The Kier molecular flexibility index (Phi) is 68.8. The van der Waals surface area contributed by atoms with Crippen molar-refractivity contribution >= 4 is 17.9 Å². The number of aliphatic carboxylic acids is 1. The summed E-state index contributed by atoms with van der Waals surface area (Å²) in [6.07, 6.45) is 86.2. The number of quaternary nitrogens is 1. The van der Waals surface area contributed by atoms with Gasteiger partial charge in [-0.1, -0.05) is 372 Å². The summed E-state index contributed by atoms with van der Waals surface area (Å²) in [5.74, 6) is -1.97. The minimum atomic E-state index is -1.51. The molecule has 0 aromatic heterocycles. The number of carboxylic acid groups (broad SMARTS) is 1. The van der Waals surface area contributed by atoms with Crippen molar-refractivity contribution in [3.05, 3.63) is 24.3 Å². The second-order valence-electron chi connectivity index (χ2n) is 28.0. The summed E-state index contributed by atoms with van der Waals surface area (Å²) in [4.78, 5) is 37.7. The van der Waals surface area contributed by atoms with Gasteiger partial charge in [-0.3, -0.25) is 9.59 Å². The van der Waals surface area contributed by atoms with Gasteiger partial charge in [0.25, 0.3) is 6.29 Å². The lowest BCUT2D eigenvalue weighted by molar-refractivity contribution is -0.870. The highest BCUT2D eigenvalue weighted by atomic mass is 16.7. The van der Waals surface area contributed by atoms with E-state index in [2.05, 4.69) is 38.2 Å². The Balaban J connectivity index is 3.98. The first kappa shape index (κ1) is 85.8. The molecule has 520 valence electrons. The monoisotopic (exact) mass is 1240 g/mol. The fourth-order valence-electron chi connectivity index (χ4n) is 12.0. The van der Waals surface area contributed by atoms with Crippen LogP contribution in [0.1, 0.15) is 406 Å². The molecule has 0 amide bonds. The fraction of sp³-hybridized carbons (Fsp3) is 0.911. The Morgan fingerprint density at radius 2 is 0.614 bits per heavy atom. The third-order valence-corrected chi connectivity index (χ3v) is 18.0. The molecule has 9 heteroatoms. The molecule has 2 unspecified atom stereocenters. The number of unbranched alkanes of at least 4 members (excludes halogenated alkanes) is 55. The van der Waals surface area contributed by atoms with Crippen LogP contribution in [0.3, 0.4) is 0 Å². The highest BCUT2D eigenvalue weighted by Gasteiger charge is 2.25. The summed E-state index contributed by atoms with van der Waals surface area (Å²) < 4.78 is 23.1. The average Bonchev–Trinajstić information content (AvgIpc) is 3.54. The number of carbonyl (C=O) groups is 3. The predicted octanol–water partition coefficient (Wildman–Crippen LogP) is 24.5. The van der Waals surface area contributed by atoms with E-state index in [-0.39, 0.29) is 38.2 Å². The second kappa shape index (κ2) is 70.6. The van der Waals surface area contributed by atoms with Crippen molar-refractivity contribution in [2.45, 2.75) is 418 Å². The summed E-state index contributed by atoms with van der Waals surface area (Å²) in [5.41, 5.74) is 0. The van der Waals surface area contributed by atoms with Crippen LogP contribution in [0.25, 0.3) is 0 Å². The van der Waals surface area contributed by atoms with Crippen molar-refractivity contribution < 1.29 is 42.9 Å². The molecule has 0 aromatic rings. The Labute approximate surface area is 548 Å². The van der Waals surface area contributed by atoms with Crippen molar-refractivity contribution in [2.75, 3.05) is 47.5 Å². The molecule has 0 spiro atoms. The molecule has 0 rings (SSSR count). The number of carboxylic acids is 1. The standard InChI is InChI=1S/C79H151NO8/c1-6-8-10-12-14-16-18-20-22-24-26-28-30-32-34-36-37-38-39-40-41-42-44-46-48-50-52-54-56-58-60-62-64-66-68-70-77(82)88-75(74-87-79(78(83)84)85-72-71-80(3,4)5)73-86-76(81)69-67-65-63-61-59-57-55-53-51-49-47-45-43-35-33-31-29-27-25-23-21-19-17-15-13-11-9-7-2/h18,20,24,26,75,79H,6-17,19,21-23,25,27-74H2,1-5H3/p+1/b20-18-,26-24-. The Hall–Kier alpha value is -2.23. The SMILES string of the molecule is CCCCCCC/C=C\C/C=C\CCCCCCCCCCCCCCCCCCCCCCCCCC(=O)OC(COC(=O)CCCCCCCCCCCCCCCCCCCCCCCCCCCCCC)COC(OCC[N+](C)(C)C)C(=O)O. The lowest BCUT2D eigenvalue weighted by atomic mass is 10.0. The van der Waals surface area contributed by atoms with Crippen molar-refractivity contribution in [1.29, 1.82) is 0 Å². The summed E-state index contributed by atoms with van der Waals surface area (Å²) in [6.45, 7) is 4.96. The number of hydrogen-bond donors (Lipinski definition) is 1. The predicted molar refractivity (Wildman–Crippen MR) is 378 cm³/mol. The molecule has 0 saturated heterocycles. The molecule has 0 aromatic carbocycles. The summed E-state index contributed by atoms with van der Waals surface area (Å²) in [5, 5.41) is 9.77. The van der Waals surface area contributed by atoms with Gasteiger partial charge in [0.05, 0.1) is 34.4 Å². The van der Waals surface area contributed by atoms with Gasteiger partial charge < -0.3 is 28.5 Å². The third-order valence-electron chi connectivity index (χ3n) is 18.0. The quantitative estimate of drug-likeness (QED) is 0.0211. The number of nitrogens with zero attached hydrogens (tertiary/aromatic N) is 1. The lowest BCUT2D eigenvalue weighted by Gasteiger charge is -2.25. The summed E-state index contributed by atoms with van der Waals surface area (Å²) in [7, 11) is 6.00.